The van der Waals surface area contributed by atoms with Crippen molar-refractivity contribution in [1.82, 2.24) is 15.1 Å². The average Bonchev–Trinajstić information content (AvgIpc) is 2.57. The third-order valence-electron chi connectivity index (χ3n) is 4.88. The van der Waals surface area contributed by atoms with Gasteiger partial charge in [0.25, 0.3) is 0 Å². The largest absolute Gasteiger partial charge is 0.444 e. The molecule has 0 radical (unpaired) electrons. The van der Waals surface area contributed by atoms with Crippen LogP contribution in [-0.4, -0.2) is 100 Å². The molecule has 28 heavy (non-hydrogen) atoms. The Morgan fingerprint density at radius 3 is 1.96 bits per heavy atom. The van der Waals surface area contributed by atoms with Crippen LogP contribution in [0.25, 0.3) is 0 Å². The van der Waals surface area contributed by atoms with Crippen molar-refractivity contribution in [3.8, 4) is 0 Å². The topological polar surface area (TPSA) is 89.3 Å². The SMILES string of the molecule is CO[C@@H]1CN(C)CC[C@H]1N.CO[C@@H]1CN(C)CC[C@H]1NC(=O)OC(C)(C)C.Cl. The second kappa shape index (κ2) is 12.8. The van der Waals surface area contributed by atoms with Crippen molar-refractivity contribution in [1.29, 1.82) is 0 Å². The van der Waals surface area contributed by atoms with E-state index in [0.29, 0.717) is 0 Å². The summed E-state index contributed by atoms with van der Waals surface area (Å²) in [6, 6.07) is 0.271. The number of nitrogens with zero attached hydrogens (tertiary/aromatic N) is 2. The van der Waals surface area contributed by atoms with Crippen molar-refractivity contribution in [2.45, 2.75) is 63.5 Å². The Kier molecular flexibility index (Phi) is 12.5. The standard InChI is InChI=1S/C12H24N2O3.C7H16N2O.ClH/c1-12(2,3)17-11(15)13-9-6-7-14(4)8-10(9)16-5;1-9-4-3-6(8)7(5-9)10-2;/h9-10H,6-8H2,1-5H3,(H,13,15);6-7H,3-5,8H2,1-2H3;1H/t9-,10-;6-,7-;/m11./s1. The zero-order valence-corrected chi connectivity index (χ0v) is 19.4. The monoisotopic (exact) mass is 424 g/mol. The van der Waals surface area contributed by atoms with Crippen LogP contribution in [0.2, 0.25) is 0 Å². The number of likely N-dealkylation sites (N-methyl/N-ethyl adjacent to an activating group) is 2. The van der Waals surface area contributed by atoms with E-state index >= 15 is 0 Å². The molecule has 2 heterocycles. The number of likely N-dealkylation sites (tertiary alicyclic amines) is 2. The molecule has 3 N–H and O–H groups in total. The van der Waals surface area contributed by atoms with Crippen molar-refractivity contribution in [3.05, 3.63) is 0 Å². The summed E-state index contributed by atoms with van der Waals surface area (Å²) in [5.74, 6) is 0. The van der Waals surface area contributed by atoms with Crippen LogP contribution in [0.3, 0.4) is 0 Å². The first kappa shape index (κ1) is 27.4. The fourth-order valence-corrected chi connectivity index (χ4v) is 3.27. The van der Waals surface area contributed by atoms with Crippen LogP contribution in [0.1, 0.15) is 33.6 Å². The van der Waals surface area contributed by atoms with Gasteiger partial charge in [-0.15, -0.1) is 12.4 Å². The number of rotatable bonds is 3. The molecule has 0 aromatic heterocycles. The number of nitrogens with one attached hydrogen (secondary N) is 1. The number of nitrogens with two attached hydrogens (primary N) is 1. The van der Waals surface area contributed by atoms with Crippen LogP contribution in [-0.2, 0) is 14.2 Å². The molecule has 2 aliphatic heterocycles. The molecule has 168 valence electrons. The number of carbonyl (C=O) groups excluding carboxylic acids is 1. The summed E-state index contributed by atoms with van der Waals surface area (Å²) in [6.45, 7) is 9.43. The van der Waals surface area contributed by atoms with Crippen molar-refractivity contribution in [3.63, 3.8) is 0 Å². The molecule has 0 aliphatic carbocycles. The zero-order valence-electron chi connectivity index (χ0n) is 18.6. The molecule has 2 saturated heterocycles. The minimum Gasteiger partial charge on any atom is -0.444 e. The van der Waals surface area contributed by atoms with E-state index < -0.39 is 5.60 Å². The molecule has 2 fully saturated rings. The van der Waals surface area contributed by atoms with Crippen LogP contribution in [0, 0.1) is 0 Å². The van der Waals surface area contributed by atoms with E-state index in [1.165, 1.54) is 0 Å². The summed E-state index contributed by atoms with van der Waals surface area (Å²) in [5, 5.41) is 2.88. The Bertz CT molecular complexity index is 450. The molecule has 2 aliphatic rings. The molecule has 0 spiro atoms. The van der Waals surface area contributed by atoms with Gasteiger partial charge in [0, 0.05) is 33.4 Å². The van der Waals surface area contributed by atoms with Gasteiger partial charge in [0.2, 0.25) is 0 Å². The smallest absolute Gasteiger partial charge is 0.407 e. The molecule has 8 nitrogen and oxygen atoms in total. The average molecular weight is 425 g/mol. The van der Waals surface area contributed by atoms with E-state index in [1.807, 2.05) is 20.8 Å². The molecule has 0 bridgehead atoms. The zero-order chi connectivity index (χ0) is 20.6. The number of ether oxygens (including phenoxy) is 3. The summed E-state index contributed by atoms with van der Waals surface area (Å²) in [6.07, 6.45) is 1.83. The second-order valence-electron chi connectivity index (χ2n) is 8.57. The third-order valence-corrected chi connectivity index (χ3v) is 4.88. The first-order chi connectivity index (χ1) is 12.6. The fourth-order valence-electron chi connectivity index (χ4n) is 3.27. The van der Waals surface area contributed by atoms with Gasteiger partial charge in [0.05, 0.1) is 18.2 Å². The van der Waals surface area contributed by atoms with E-state index in [-0.39, 0.29) is 42.8 Å². The predicted octanol–water partition coefficient (Wildman–Crippen LogP) is 1.32. The molecule has 1 amide bonds. The van der Waals surface area contributed by atoms with Crippen LogP contribution < -0.4 is 11.1 Å². The highest BCUT2D eigenvalue weighted by molar-refractivity contribution is 5.85. The van der Waals surface area contributed by atoms with Gasteiger partial charge < -0.3 is 35.1 Å². The molecule has 0 aromatic rings. The molecule has 0 aromatic carbocycles. The molecule has 2 rings (SSSR count). The van der Waals surface area contributed by atoms with Crippen molar-refractivity contribution < 1.29 is 19.0 Å². The third kappa shape index (κ3) is 10.2. The minimum atomic E-state index is -0.460. The lowest BCUT2D eigenvalue weighted by Crippen LogP contribution is -2.54. The molecular formula is C19H41ClN4O4. The van der Waals surface area contributed by atoms with Gasteiger partial charge >= 0.3 is 6.09 Å². The Hall–Kier alpha value is -0.640. The maximum atomic E-state index is 11.7. The predicted molar refractivity (Wildman–Crippen MR) is 114 cm³/mol. The summed E-state index contributed by atoms with van der Waals surface area (Å²) < 4.78 is 15.8. The normalized spacial score (nSPS) is 29.1. The number of amides is 1. The fraction of sp³-hybridized carbons (Fsp3) is 0.947. The van der Waals surface area contributed by atoms with Crippen LogP contribution in [0.4, 0.5) is 4.79 Å². The first-order valence-electron chi connectivity index (χ1n) is 9.73. The number of halogens is 1. The van der Waals surface area contributed by atoms with E-state index in [2.05, 4.69) is 29.2 Å². The lowest BCUT2D eigenvalue weighted by atomic mass is 10.0. The lowest BCUT2D eigenvalue weighted by molar-refractivity contribution is 0.00376. The minimum absolute atomic E-state index is 0. The second-order valence-corrected chi connectivity index (χ2v) is 8.57. The molecule has 9 heteroatoms. The summed E-state index contributed by atoms with van der Waals surface area (Å²) in [5.41, 5.74) is 5.34. The Morgan fingerprint density at radius 1 is 1.00 bits per heavy atom. The van der Waals surface area contributed by atoms with E-state index in [1.54, 1.807) is 14.2 Å². The highest BCUT2D eigenvalue weighted by Gasteiger charge is 2.30. The first-order valence-corrected chi connectivity index (χ1v) is 9.73. The number of alkyl carbamates (subject to hydrolysis) is 1. The Morgan fingerprint density at radius 2 is 1.50 bits per heavy atom. The van der Waals surface area contributed by atoms with E-state index in [9.17, 15) is 4.79 Å². The van der Waals surface area contributed by atoms with Gasteiger partial charge in [-0.25, -0.2) is 4.79 Å². The Balaban J connectivity index is 0.000000567. The van der Waals surface area contributed by atoms with Crippen LogP contribution >= 0.6 is 12.4 Å². The van der Waals surface area contributed by atoms with Crippen molar-refractivity contribution >= 4 is 18.5 Å². The van der Waals surface area contributed by atoms with Gasteiger partial charge in [-0.1, -0.05) is 0 Å². The molecule has 0 unspecified atom stereocenters. The van der Waals surface area contributed by atoms with Gasteiger partial charge in [-0.3, -0.25) is 0 Å². The summed E-state index contributed by atoms with van der Waals surface area (Å²) >= 11 is 0. The van der Waals surface area contributed by atoms with Gasteiger partial charge in [-0.2, -0.15) is 0 Å². The van der Waals surface area contributed by atoms with Crippen molar-refractivity contribution in [2.75, 3.05) is 54.5 Å². The lowest BCUT2D eigenvalue weighted by Gasteiger charge is -2.36. The van der Waals surface area contributed by atoms with E-state index in [4.69, 9.17) is 19.9 Å². The Labute approximate surface area is 176 Å². The number of carbonyl (C=O) groups is 1. The van der Waals surface area contributed by atoms with Gasteiger partial charge in [0.15, 0.2) is 0 Å². The highest BCUT2D eigenvalue weighted by atomic mass is 35.5. The number of methoxy groups -OCH3 is 2. The number of hydrogen-bond acceptors (Lipinski definition) is 7. The highest BCUT2D eigenvalue weighted by Crippen LogP contribution is 2.14. The maximum Gasteiger partial charge on any atom is 0.407 e. The summed E-state index contributed by atoms with van der Waals surface area (Å²) in [4.78, 5) is 16.1. The van der Waals surface area contributed by atoms with Crippen molar-refractivity contribution in [2.24, 2.45) is 5.73 Å². The maximum absolute atomic E-state index is 11.7. The quantitative estimate of drug-likeness (QED) is 0.706. The molecule has 0 saturated carbocycles. The number of piperidine rings is 2. The van der Waals surface area contributed by atoms with Crippen LogP contribution in [0.5, 0.6) is 0 Å². The summed E-state index contributed by atoms with van der Waals surface area (Å²) in [7, 11) is 7.55. The molecule has 4 atom stereocenters. The molecular weight excluding hydrogens is 384 g/mol. The van der Waals surface area contributed by atoms with Crippen LogP contribution in [0.15, 0.2) is 0 Å². The van der Waals surface area contributed by atoms with Gasteiger partial charge in [0.1, 0.15) is 5.60 Å². The number of hydrogen-bond donors (Lipinski definition) is 2. The van der Waals surface area contributed by atoms with E-state index in [0.717, 1.165) is 39.0 Å². The van der Waals surface area contributed by atoms with Gasteiger partial charge in [-0.05, 0) is 60.8 Å².